The molecule has 1 rings (SSSR count). The molecule has 0 radical (unpaired) electrons. The third kappa shape index (κ3) is 5.79. The van der Waals surface area contributed by atoms with E-state index in [-0.39, 0.29) is 12.5 Å². The number of unbranched alkanes of at least 4 members (excludes halogenated alkanes) is 1. The molecule has 1 heterocycles. The third-order valence-electron chi connectivity index (χ3n) is 3.41. The van der Waals surface area contributed by atoms with Crippen molar-refractivity contribution in [2.75, 3.05) is 34.2 Å². The van der Waals surface area contributed by atoms with Gasteiger partial charge in [-0.3, -0.25) is 4.79 Å². The molecule has 0 aliphatic carbocycles. The van der Waals surface area contributed by atoms with Gasteiger partial charge in [-0.2, -0.15) is 0 Å². The fourth-order valence-corrected chi connectivity index (χ4v) is 1.88. The van der Waals surface area contributed by atoms with Crippen LogP contribution in [0.5, 0.6) is 0 Å². The molecule has 0 saturated carbocycles. The van der Waals surface area contributed by atoms with Gasteiger partial charge in [0.25, 0.3) is 0 Å². The van der Waals surface area contributed by atoms with E-state index < -0.39 is 0 Å². The minimum Gasteiger partial charge on any atom is -0.469 e. The Bertz CT molecular complexity index is 494. The summed E-state index contributed by atoms with van der Waals surface area (Å²) in [6.45, 7) is 5.78. The van der Waals surface area contributed by atoms with E-state index in [9.17, 15) is 4.79 Å². The highest BCUT2D eigenvalue weighted by Gasteiger charge is 2.11. The van der Waals surface area contributed by atoms with Gasteiger partial charge >= 0.3 is 0 Å². The number of likely N-dealkylation sites (N-methyl/N-ethyl adjacent to an activating group) is 1. The second kappa shape index (κ2) is 9.12. The molecule has 0 aromatic carbocycles. The summed E-state index contributed by atoms with van der Waals surface area (Å²) in [5.74, 6) is 1.64. The monoisotopic (exact) mass is 308 g/mol. The van der Waals surface area contributed by atoms with Crippen LogP contribution in [-0.2, 0) is 11.3 Å². The van der Waals surface area contributed by atoms with Crippen LogP contribution < -0.4 is 5.32 Å². The first kappa shape index (κ1) is 18.1. The first-order chi connectivity index (χ1) is 10.5. The Kier molecular flexibility index (Phi) is 7.49. The van der Waals surface area contributed by atoms with E-state index in [2.05, 4.69) is 17.2 Å². The van der Waals surface area contributed by atoms with E-state index in [0.717, 1.165) is 36.7 Å². The lowest BCUT2D eigenvalue weighted by Gasteiger charge is -2.22. The number of amides is 1. The van der Waals surface area contributed by atoms with Crippen LogP contribution in [0.4, 0.5) is 0 Å². The second-order valence-corrected chi connectivity index (χ2v) is 5.57. The van der Waals surface area contributed by atoms with Gasteiger partial charge in [0.1, 0.15) is 12.3 Å². The molecule has 0 spiro atoms. The van der Waals surface area contributed by atoms with Crippen molar-refractivity contribution in [2.24, 2.45) is 4.99 Å². The SMILES string of the molecule is CCCCNC(=NCC(=O)N(C)C)N(C)Cc1ccoc1C. The van der Waals surface area contributed by atoms with Crippen molar-refractivity contribution >= 4 is 11.9 Å². The van der Waals surface area contributed by atoms with Gasteiger partial charge in [-0.05, 0) is 19.4 Å². The lowest BCUT2D eigenvalue weighted by atomic mass is 10.2. The summed E-state index contributed by atoms with van der Waals surface area (Å²) >= 11 is 0. The number of nitrogens with zero attached hydrogens (tertiary/aromatic N) is 3. The van der Waals surface area contributed by atoms with Gasteiger partial charge in [-0.15, -0.1) is 0 Å². The molecule has 0 saturated heterocycles. The highest BCUT2D eigenvalue weighted by molar-refractivity contribution is 5.84. The fraction of sp³-hybridized carbons (Fsp3) is 0.625. The molecule has 6 nitrogen and oxygen atoms in total. The van der Waals surface area contributed by atoms with Crippen molar-refractivity contribution in [3.63, 3.8) is 0 Å². The number of aliphatic imine (C=N–C) groups is 1. The fourth-order valence-electron chi connectivity index (χ4n) is 1.88. The van der Waals surface area contributed by atoms with Gasteiger partial charge in [-0.1, -0.05) is 13.3 Å². The molecule has 0 aliphatic heterocycles. The summed E-state index contributed by atoms with van der Waals surface area (Å²) in [4.78, 5) is 19.7. The molecule has 124 valence electrons. The standard InChI is InChI=1S/C16H28N4O2/c1-6-7-9-17-16(18-11-15(21)19(3)4)20(5)12-14-8-10-22-13(14)2/h8,10H,6-7,9,11-12H2,1-5H3,(H,17,18). The predicted molar refractivity (Wildman–Crippen MR) is 88.8 cm³/mol. The van der Waals surface area contributed by atoms with Crippen molar-refractivity contribution < 1.29 is 9.21 Å². The van der Waals surface area contributed by atoms with Crippen LogP contribution >= 0.6 is 0 Å². The first-order valence-electron chi connectivity index (χ1n) is 7.68. The molecule has 0 fully saturated rings. The number of carbonyl (C=O) groups is 1. The summed E-state index contributed by atoms with van der Waals surface area (Å²) in [6, 6.07) is 1.96. The molecule has 1 aromatic rings. The van der Waals surface area contributed by atoms with Crippen molar-refractivity contribution in [1.82, 2.24) is 15.1 Å². The number of furan rings is 1. The number of rotatable bonds is 7. The normalized spacial score (nSPS) is 11.4. The van der Waals surface area contributed by atoms with Crippen LogP contribution in [0.2, 0.25) is 0 Å². The first-order valence-corrected chi connectivity index (χ1v) is 7.68. The van der Waals surface area contributed by atoms with Gasteiger partial charge in [0.15, 0.2) is 5.96 Å². The molecule has 6 heteroatoms. The van der Waals surface area contributed by atoms with Crippen molar-refractivity contribution in [2.45, 2.75) is 33.2 Å². The van der Waals surface area contributed by atoms with Gasteiger partial charge < -0.3 is 19.5 Å². The molecule has 1 aromatic heterocycles. The van der Waals surface area contributed by atoms with Gasteiger partial charge in [0.2, 0.25) is 5.91 Å². The highest BCUT2D eigenvalue weighted by atomic mass is 16.3. The van der Waals surface area contributed by atoms with Crippen molar-refractivity contribution in [3.8, 4) is 0 Å². The Morgan fingerprint density at radius 1 is 1.36 bits per heavy atom. The molecule has 1 amide bonds. The maximum atomic E-state index is 11.7. The van der Waals surface area contributed by atoms with E-state index >= 15 is 0 Å². The average molecular weight is 308 g/mol. The average Bonchev–Trinajstić information content (AvgIpc) is 2.87. The molecular weight excluding hydrogens is 280 g/mol. The molecule has 0 atom stereocenters. The van der Waals surface area contributed by atoms with E-state index in [1.807, 2.05) is 24.9 Å². The third-order valence-corrected chi connectivity index (χ3v) is 3.41. The summed E-state index contributed by atoms with van der Waals surface area (Å²) in [5.41, 5.74) is 1.12. The molecular formula is C16H28N4O2. The zero-order valence-corrected chi connectivity index (χ0v) is 14.3. The number of nitrogens with one attached hydrogen (secondary N) is 1. The lowest BCUT2D eigenvalue weighted by Crippen LogP contribution is -2.40. The molecule has 0 bridgehead atoms. The van der Waals surface area contributed by atoms with Gasteiger partial charge in [-0.25, -0.2) is 4.99 Å². The van der Waals surface area contributed by atoms with Crippen molar-refractivity contribution in [3.05, 3.63) is 23.7 Å². The summed E-state index contributed by atoms with van der Waals surface area (Å²) in [7, 11) is 5.44. The Morgan fingerprint density at radius 2 is 2.09 bits per heavy atom. The maximum Gasteiger partial charge on any atom is 0.243 e. The lowest BCUT2D eigenvalue weighted by molar-refractivity contribution is -0.127. The van der Waals surface area contributed by atoms with Gasteiger partial charge in [0.05, 0.1) is 6.26 Å². The minimum atomic E-state index is -0.0114. The topological polar surface area (TPSA) is 61.1 Å². The van der Waals surface area contributed by atoms with Crippen LogP contribution in [0.25, 0.3) is 0 Å². The predicted octanol–water partition coefficient (Wildman–Crippen LogP) is 1.85. The minimum absolute atomic E-state index is 0.0114. The summed E-state index contributed by atoms with van der Waals surface area (Å²) in [6.07, 6.45) is 3.87. The van der Waals surface area contributed by atoms with E-state index in [1.54, 1.807) is 25.3 Å². The van der Waals surface area contributed by atoms with Crippen LogP contribution in [0.1, 0.15) is 31.1 Å². The largest absolute Gasteiger partial charge is 0.469 e. The molecule has 0 unspecified atom stereocenters. The highest BCUT2D eigenvalue weighted by Crippen LogP contribution is 2.11. The Hall–Kier alpha value is -1.98. The van der Waals surface area contributed by atoms with Crippen LogP contribution in [0.15, 0.2) is 21.7 Å². The Balaban J connectivity index is 2.72. The number of guanidine groups is 1. The molecule has 1 N–H and O–H groups in total. The maximum absolute atomic E-state index is 11.7. The Morgan fingerprint density at radius 3 is 2.64 bits per heavy atom. The summed E-state index contributed by atoms with van der Waals surface area (Å²) in [5, 5.41) is 3.32. The Labute approximate surface area is 133 Å². The zero-order chi connectivity index (χ0) is 16.5. The van der Waals surface area contributed by atoms with Crippen LogP contribution in [-0.4, -0.2) is 55.9 Å². The molecule has 22 heavy (non-hydrogen) atoms. The molecule has 0 aliphatic rings. The van der Waals surface area contributed by atoms with E-state index in [0.29, 0.717) is 6.54 Å². The smallest absolute Gasteiger partial charge is 0.243 e. The number of hydrogen-bond acceptors (Lipinski definition) is 3. The van der Waals surface area contributed by atoms with Crippen LogP contribution in [0.3, 0.4) is 0 Å². The number of aryl methyl sites for hydroxylation is 1. The van der Waals surface area contributed by atoms with Crippen molar-refractivity contribution in [1.29, 1.82) is 0 Å². The summed E-state index contributed by atoms with van der Waals surface area (Å²) < 4.78 is 5.33. The quantitative estimate of drug-likeness (QED) is 0.474. The zero-order valence-electron chi connectivity index (χ0n) is 14.3. The van der Waals surface area contributed by atoms with E-state index in [1.165, 1.54) is 0 Å². The van der Waals surface area contributed by atoms with Crippen LogP contribution in [0, 0.1) is 6.92 Å². The van der Waals surface area contributed by atoms with Gasteiger partial charge in [0, 0.05) is 39.8 Å². The number of hydrogen-bond donors (Lipinski definition) is 1. The second-order valence-electron chi connectivity index (χ2n) is 5.57. The number of carbonyl (C=O) groups excluding carboxylic acids is 1. The van der Waals surface area contributed by atoms with E-state index in [4.69, 9.17) is 4.42 Å².